The molecule has 0 heterocycles. The van der Waals surface area contributed by atoms with E-state index in [-0.39, 0.29) is 0 Å². The van der Waals surface area contributed by atoms with Crippen LogP contribution in [0.1, 0.15) is 59.8 Å². The fourth-order valence-electron chi connectivity index (χ4n) is 3.31. The molecule has 0 saturated carbocycles. The number of likely N-dealkylation sites (N-methyl/N-ethyl adjacent to an activating group) is 2. The molecular formula is C15H34N2. The van der Waals surface area contributed by atoms with Crippen molar-refractivity contribution in [2.24, 2.45) is 5.92 Å². The lowest BCUT2D eigenvalue weighted by Crippen LogP contribution is -2.58. The molecule has 17 heavy (non-hydrogen) atoms. The minimum atomic E-state index is 0.302. The molecule has 0 aromatic heterocycles. The van der Waals surface area contributed by atoms with Gasteiger partial charge in [-0.2, -0.15) is 0 Å². The van der Waals surface area contributed by atoms with Crippen molar-refractivity contribution in [1.82, 2.24) is 10.2 Å². The summed E-state index contributed by atoms with van der Waals surface area (Å²) in [6.45, 7) is 9.31. The first-order valence-corrected chi connectivity index (χ1v) is 7.33. The molecule has 0 saturated heterocycles. The van der Waals surface area contributed by atoms with Gasteiger partial charge in [0.05, 0.1) is 0 Å². The summed E-state index contributed by atoms with van der Waals surface area (Å²) < 4.78 is 0. The van der Waals surface area contributed by atoms with Crippen LogP contribution < -0.4 is 5.32 Å². The molecule has 0 aliphatic rings. The first kappa shape index (κ1) is 16.9. The zero-order valence-electron chi connectivity index (χ0n) is 13.1. The average molecular weight is 242 g/mol. The van der Waals surface area contributed by atoms with Crippen LogP contribution in [0.2, 0.25) is 0 Å². The molecule has 0 amide bonds. The SMILES string of the molecule is CCCC(C)CC(NC)C(CC)(CC)N(C)C. The van der Waals surface area contributed by atoms with Crippen molar-refractivity contribution in [1.29, 1.82) is 0 Å². The molecule has 0 aliphatic heterocycles. The Labute approximate surface area is 109 Å². The van der Waals surface area contributed by atoms with Crippen LogP contribution in [0.4, 0.5) is 0 Å². The highest BCUT2D eigenvalue weighted by Gasteiger charge is 2.37. The summed E-state index contributed by atoms with van der Waals surface area (Å²) >= 11 is 0. The highest BCUT2D eigenvalue weighted by Crippen LogP contribution is 2.30. The number of hydrogen-bond donors (Lipinski definition) is 1. The van der Waals surface area contributed by atoms with Crippen LogP contribution in [0.15, 0.2) is 0 Å². The summed E-state index contributed by atoms with van der Waals surface area (Å²) in [6.07, 6.45) is 6.34. The lowest BCUT2D eigenvalue weighted by Gasteiger charge is -2.46. The largest absolute Gasteiger partial charge is 0.315 e. The minimum Gasteiger partial charge on any atom is -0.315 e. The van der Waals surface area contributed by atoms with Crippen molar-refractivity contribution in [2.45, 2.75) is 71.4 Å². The summed E-state index contributed by atoms with van der Waals surface area (Å²) in [5, 5.41) is 3.57. The molecule has 1 N–H and O–H groups in total. The quantitative estimate of drug-likeness (QED) is 0.665. The number of nitrogens with one attached hydrogen (secondary N) is 1. The van der Waals surface area contributed by atoms with Crippen LogP contribution in [-0.4, -0.2) is 37.6 Å². The molecule has 2 nitrogen and oxygen atoms in total. The summed E-state index contributed by atoms with van der Waals surface area (Å²) in [4.78, 5) is 2.42. The maximum atomic E-state index is 3.57. The third-order valence-electron chi connectivity index (χ3n) is 4.53. The molecule has 2 atom stereocenters. The molecule has 0 aromatic carbocycles. The van der Waals surface area contributed by atoms with Gasteiger partial charge in [-0.25, -0.2) is 0 Å². The van der Waals surface area contributed by atoms with Gasteiger partial charge < -0.3 is 10.2 Å². The Morgan fingerprint density at radius 2 is 1.65 bits per heavy atom. The Hall–Kier alpha value is -0.0800. The van der Waals surface area contributed by atoms with Gasteiger partial charge in [-0.3, -0.25) is 0 Å². The Balaban J connectivity index is 4.78. The summed E-state index contributed by atoms with van der Waals surface area (Å²) in [7, 11) is 6.57. The molecule has 2 heteroatoms. The van der Waals surface area contributed by atoms with Gasteiger partial charge in [-0.05, 0) is 46.3 Å². The second kappa shape index (κ2) is 8.10. The normalized spacial score (nSPS) is 16.2. The maximum Gasteiger partial charge on any atom is 0.0351 e. The molecular weight excluding hydrogens is 208 g/mol. The first-order chi connectivity index (χ1) is 7.98. The standard InChI is InChI=1S/C15H34N2/c1-8-11-13(4)12-14(16-5)15(9-2,10-3)17(6)7/h13-14,16H,8-12H2,1-7H3. The van der Waals surface area contributed by atoms with E-state index in [1.54, 1.807) is 0 Å². The fraction of sp³-hybridized carbons (Fsp3) is 1.00. The van der Waals surface area contributed by atoms with Gasteiger partial charge in [-0.15, -0.1) is 0 Å². The van der Waals surface area contributed by atoms with Crippen LogP contribution in [0.3, 0.4) is 0 Å². The van der Waals surface area contributed by atoms with Gasteiger partial charge in [0.2, 0.25) is 0 Å². The summed E-state index contributed by atoms with van der Waals surface area (Å²) in [5.41, 5.74) is 0.302. The van der Waals surface area contributed by atoms with E-state index < -0.39 is 0 Å². The Morgan fingerprint density at radius 3 is 1.94 bits per heavy atom. The fourth-order valence-corrected chi connectivity index (χ4v) is 3.31. The molecule has 0 bridgehead atoms. The Kier molecular flexibility index (Phi) is 8.06. The van der Waals surface area contributed by atoms with E-state index in [9.17, 15) is 0 Å². The van der Waals surface area contributed by atoms with Crippen LogP contribution in [0.5, 0.6) is 0 Å². The highest BCUT2D eigenvalue weighted by atomic mass is 15.2. The van der Waals surface area contributed by atoms with Crippen molar-refractivity contribution in [2.75, 3.05) is 21.1 Å². The Morgan fingerprint density at radius 1 is 1.12 bits per heavy atom. The van der Waals surface area contributed by atoms with E-state index in [4.69, 9.17) is 0 Å². The van der Waals surface area contributed by atoms with E-state index in [2.05, 4.69) is 59.1 Å². The molecule has 104 valence electrons. The minimum absolute atomic E-state index is 0.302. The number of rotatable bonds is 9. The second-order valence-corrected chi connectivity index (χ2v) is 5.68. The lowest BCUT2D eigenvalue weighted by molar-refractivity contribution is 0.0799. The van der Waals surface area contributed by atoms with Gasteiger partial charge in [0.15, 0.2) is 0 Å². The van der Waals surface area contributed by atoms with E-state index in [1.807, 2.05) is 0 Å². The smallest absolute Gasteiger partial charge is 0.0351 e. The second-order valence-electron chi connectivity index (χ2n) is 5.68. The van der Waals surface area contributed by atoms with Crippen LogP contribution in [0, 0.1) is 5.92 Å². The van der Waals surface area contributed by atoms with E-state index >= 15 is 0 Å². The molecule has 0 spiro atoms. The molecule has 2 unspecified atom stereocenters. The molecule has 0 aliphatic carbocycles. The zero-order valence-corrected chi connectivity index (χ0v) is 13.1. The van der Waals surface area contributed by atoms with Gasteiger partial charge in [0.1, 0.15) is 0 Å². The Bertz CT molecular complexity index is 185. The van der Waals surface area contributed by atoms with Crippen molar-refractivity contribution in [3.8, 4) is 0 Å². The third-order valence-corrected chi connectivity index (χ3v) is 4.53. The molecule has 0 radical (unpaired) electrons. The van der Waals surface area contributed by atoms with Crippen molar-refractivity contribution in [3.05, 3.63) is 0 Å². The monoisotopic (exact) mass is 242 g/mol. The van der Waals surface area contributed by atoms with Gasteiger partial charge >= 0.3 is 0 Å². The summed E-state index contributed by atoms with van der Waals surface area (Å²) in [6, 6.07) is 0.592. The topological polar surface area (TPSA) is 15.3 Å². The zero-order chi connectivity index (χ0) is 13.5. The van der Waals surface area contributed by atoms with Gasteiger partial charge in [-0.1, -0.05) is 40.5 Å². The number of hydrogen-bond acceptors (Lipinski definition) is 2. The number of nitrogens with zero attached hydrogens (tertiary/aromatic N) is 1. The van der Waals surface area contributed by atoms with Crippen molar-refractivity contribution < 1.29 is 0 Å². The van der Waals surface area contributed by atoms with E-state index in [1.165, 1.54) is 32.1 Å². The van der Waals surface area contributed by atoms with Gasteiger partial charge in [0.25, 0.3) is 0 Å². The molecule has 0 fully saturated rings. The van der Waals surface area contributed by atoms with Crippen molar-refractivity contribution >= 4 is 0 Å². The molecule has 0 aromatic rings. The first-order valence-electron chi connectivity index (χ1n) is 7.33. The van der Waals surface area contributed by atoms with E-state index in [0.29, 0.717) is 11.6 Å². The van der Waals surface area contributed by atoms with Crippen molar-refractivity contribution in [3.63, 3.8) is 0 Å². The third kappa shape index (κ3) is 4.26. The average Bonchev–Trinajstić information content (AvgIpc) is 2.29. The van der Waals surface area contributed by atoms with E-state index in [0.717, 1.165) is 5.92 Å². The van der Waals surface area contributed by atoms with Crippen LogP contribution in [0.25, 0.3) is 0 Å². The lowest BCUT2D eigenvalue weighted by atomic mass is 9.78. The molecule has 0 rings (SSSR count). The summed E-state index contributed by atoms with van der Waals surface area (Å²) in [5.74, 6) is 0.815. The van der Waals surface area contributed by atoms with Gasteiger partial charge in [0, 0.05) is 11.6 Å². The maximum absolute atomic E-state index is 3.57. The van der Waals surface area contributed by atoms with Crippen LogP contribution >= 0.6 is 0 Å². The predicted molar refractivity (Wildman–Crippen MR) is 78.5 cm³/mol. The highest BCUT2D eigenvalue weighted by molar-refractivity contribution is 4.97. The predicted octanol–water partition coefficient (Wildman–Crippen LogP) is 3.52. The van der Waals surface area contributed by atoms with Crippen LogP contribution in [-0.2, 0) is 0 Å².